The highest BCUT2D eigenvalue weighted by Gasteiger charge is 2.34. The second kappa shape index (κ2) is 5.58. The fourth-order valence-corrected chi connectivity index (χ4v) is 4.33. The molecule has 120 valence electrons. The lowest BCUT2D eigenvalue weighted by atomic mass is 10.0. The standard InChI is InChI=1S/C16H16N2O3S2/c1-4-11-17-13-12(9(8-23-13)10-6-5-7-22-10)14(19)18(11)16(2,3)15(20)21/h5-8H,4H2,1-3H3,(H,20,21). The largest absolute Gasteiger partial charge is 0.480 e. The fourth-order valence-electron chi connectivity index (χ4n) is 2.56. The van der Waals surface area contributed by atoms with Crippen LogP contribution < -0.4 is 5.56 Å². The molecule has 3 rings (SSSR count). The van der Waals surface area contributed by atoms with Gasteiger partial charge in [0.15, 0.2) is 0 Å². The maximum Gasteiger partial charge on any atom is 0.329 e. The number of carboxylic acids is 1. The minimum Gasteiger partial charge on any atom is -0.480 e. The van der Waals surface area contributed by atoms with Crippen LogP contribution in [0.4, 0.5) is 0 Å². The van der Waals surface area contributed by atoms with E-state index in [9.17, 15) is 14.7 Å². The van der Waals surface area contributed by atoms with Gasteiger partial charge in [-0.15, -0.1) is 22.7 Å². The Balaban J connectivity index is 2.41. The predicted molar refractivity (Wildman–Crippen MR) is 93.5 cm³/mol. The Hall–Kier alpha value is -1.99. The molecule has 0 atom stereocenters. The van der Waals surface area contributed by atoms with Crippen molar-refractivity contribution in [2.75, 3.05) is 0 Å². The number of carbonyl (C=O) groups is 1. The molecule has 0 saturated carbocycles. The van der Waals surface area contributed by atoms with Gasteiger partial charge in [0.2, 0.25) is 0 Å². The van der Waals surface area contributed by atoms with E-state index in [0.29, 0.717) is 22.5 Å². The topological polar surface area (TPSA) is 72.2 Å². The molecule has 0 aliphatic carbocycles. The maximum absolute atomic E-state index is 13.1. The van der Waals surface area contributed by atoms with Crippen molar-refractivity contribution in [1.29, 1.82) is 0 Å². The molecule has 0 unspecified atom stereocenters. The normalized spacial score (nSPS) is 12.0. The Kier molecular flexibility index (Phi) is 3.85. The van der Waals surface area contributed by atoms with Crippen LogP contribution in [0.3, 0.4) is 0 Å². The Morgan fingerprint density at radius 3 is 2.70 bits per heavy atom. The lowest BCUT2D eigenvalue weighted by Crippen LogP contribution is -2.44. The van der Waals surface area contributed by atoms with Gasteiger partial charge >= 0.3 is 5.97 Å². The molecule has 0 aliphatic heterocycles. The van der Waals surface area contributed by atoms with Crippen LogP contribution in [0.5, 0.6) is 0 Å². The Labute approximate surface area is 140 Å². The zero-order valence-corrected chi connectivity index (χ0v) is 14.6. The van der Waals surface area contributed by atoms with E-state index in [1.807, 2.05) is 29.8 Å². The summed E-state index contributed by atoms with van der Waals surface area (Å²) in [5.74, 6) is -0.558. The first-order valence-electron chi connectivity index (χ1n) is 7.18. The lowest BCUT2D eigenvalue weighted by molar-refractivity contribution is -0.146. The van der Waals surface area contributed by atoms with Gasteiger partial charge < -0.3 is 5.11 Å². The van der Waals surface area contributed by atoms with Crippen LogP contribution in [0.25, 0.3) is 20.7 Å². The van der Waals surface area contributed by atoms with Crippen molar-refractivity contribution in [3.05, 3.63) is 39.1 Å². The quantitative estimate of drug-likeness (QED) is 0.782. The molecule has 0 spiro atoms. The van der Waals surface area contributed by atoms with E-state index in [0.717, 1.165) is 10.4 Å². The van der Waals surface area contributed by atoms with Gasteiger partial charge in [-0.3, -0.25) is 9.36 Å². The van der Waals surface area contributed by atoms with E-state index in [-0.39, 0.29) is 5.56 Å². The first kappa shape index (κ1) is 15.9. The molecule has 0 aliphatic rings. The number of nitrogens with zero attached hydrogens (tertiary/aromatic N) is 2. The van der Waals surface area contributed by atoms with Crippen molar-refractivity contribution in [2.24, 2.45) is 0 Å². The van der Waals surface area contributed by atoms with Crippen LogP contribution in [-0.2, 0) is 16.8 Å². The number of rotatable bonds is 4. The molecular weight excluding hydrogens is 332 g/mol. The number of aryl methyl sites for hydroxylation is 1. The van der Waals surface area contributed by atoms with E-state index >= 15 is 0 Å². The van der Waals surface area contributed by atoms with Crippen molar-refractivity contribution in [2.45, 2.75) is 32.7 Å². The van der Waals surface area contributed by atoms with Crippen molar-refractivity contribution in [3.8, 4) is 10.4 Å². The SMILES string of the molecule is CCc1nc2scc(-c3cccs3)c2c(=O)n1C(C)(C)C(=O)O. The van der Waals surface area contributed by atoms with Crippen molar-refractivity contribution < 1.29 is 9.90 Å². The summed E-state index contributed by atoms with van der Waals surface area (Å²) in [7, 11) is 0. The average Bonchev–Trinajstić information content (AvgIpc) is 3.14. The van der Waals surface area contributed by atoms with Gasteiger partial charge in [-0.1, -0.05) is 13.0 Å². The minimum absolute atomic E-state index is 0.288. The summed E-state index contributed by atoms with van der Waals surface area (Å²) in [6.07, 6.45) is 0.494. The summed E-state index contributed by atoms with van der Waals surface area (Å²) in [5.41, 5.74) is -0.808. The zero-order chi connectivity index (χ0) is 16.8. The summed E-state index contributed by atoms with van der Waals surface area (Å²) >= 11 is 2.97. The van der Waals surface area contributed by atoms with Gasteiger partial charge in [0.25, 0.3) is 5.56 Å². The van der Waals surface area contributed by atoms with Gasteiger partial charge in [-0.25, -0.2) is 9.78 Å². The third-order valence-corrected chi connectivity index (χ3v) is 5.64. The number of hydrogen-bond acceptors (Lipinski definition) is 5. The summed E-state index contributed by atoms with van der Waals surface area (Å²) in [4.78, 5) is 31.0. The Morgan fingerprint density at radius 1 is 1.39 bits per heavy atom. The molecule has 0 saturated heterocycles. The molecule has 0 bridgehead atoms. The molecular formula is C16H16N2O3S2. The van der Waals surface area contributed by atoms with Crippen molar-refractivity contribution in [3.63, 3.8) is 0 Å². The lowest BCUT2D eigenvalue weighted by Gasteiger charge is -2.25. The molecule has 0 radical (unpaired) electrons. The monoisotopic (exact) mass is 348 g/mol. The third-order valence-electron chi connectivity index (χ3n) is 3.86. The van der Waals surface area contributed by atoms with Crippen molar-refractivity contribution >= 4 is 38.9 Å². The second-order valence-corrected chi connectivity index (χ2v) is 7.50. The molecule has 0 fully saturated rings. The molecule has 5 nitrogen and oxygen atoms in total. The minimum atomic E-state index is -1.35. The Bertz CT molecular complexity index is 936. The van der Waals surface area contributed by atoms with E-state index in [4.69, 9.17) is 0 Å². The maximum atomic E-state index is 13.1. The molecule has 3 aromatic rings. The van der Waals surface area contributed by atoms with Crippen LogP contribution in [0.15, 0.2) is 27.7 Å². The van der Waals surface area contributed by atoms with Crippen LogP contribution in [-0.4, -0.2) is 20.6 Å². The van der Waals surface area contributed by atoms with Gasteiger partial charge in [-0.2, -0.15) is 0 Å². The summed E-state index contributed by atoms with van der Waals surface area (Å²) in [6.45, 7) is 4.93. The first-order valence-corrected chi connectivity index (χ1v) is 8.94. The van der Waals surface area contributed by atoms with E-state index in [2.05, 4.69) is 4.98 Å². The smallest absolute Gasteiger partial charge is 0.329 e. The molecule has 3 heterocycles. The molecule has 23 heavy (non-hydrogen) atoms. The predicted octanol–water partition coefficient (Wildman–Crippen LogP) is 3.57. The third kappa shape index (κ3) is 2.40. The van der Waals surface area contributed by atoms with Gasteiger partial charge in [0.1, 0.15) is 16.2 Å². The first-order chi connectivity index (χ1) is 10.9. The molecule has 1 N–H and O–H groups in total. The van der Waals surface area contributed by atoms with E-state index in [1.54, 1.807) is 11.3 Å². The molecule has 0 aromatic carbocycles. The van der Waals surface area contributed by atoms with E-state index < -0.39 is 11.5 Å². The van der Waals surface area contributed by atoms with Crippen LogP contribution >= 0.6 is 22.7 Å². The highest BCUT2D eigenvalue weighted by atomic mass is 32.1. The number of carboxylic acid groups (broad SMARTS) is 1. The highest BCUT2D eigenvalue weighted by molar-refractivity contribution is 7.18. The highest BCUT2D eigenvalue weighted by Crippen LogP contribution is 2.34. The number of aliphatic carboxylic acids is 1. The number of hydrogen-bond donors (Lipinski definition) is 1. The molecule has 7 heteroatoms. The van der Waals surface area contributed by atoms with Crippen LogP contribution in [0.1, 0.15) is 26.6 Å². The summed E-state index contributed by atoms with van der Waals surface area (Å²) in [5, 5.41) is 13.9. The van der Waals surface area contributed by atoms with Crippen LogP contribution in [0.2, 0.25) is 0 Å². The van der Waals surface area contributed by atoms with Gasteiger partial charge in [-0.05, 0) is 25.3 Å². The van der Waals surface area contributed by atoms with Gasteiger partial charge in [0, 0.05) is 22.2 Å². The van der Waals surface area contributed by atoms with Gasteiger partial charge in [0.05, 0.1) is 5.39 Å². The Morgan fingerprint density at radius 2 is 2.13 bits per heavy atom. The number of aromatic nitrogens is 2. The van der Waals surface area contributed by atoms with Crippen LogP contribution in [0, 0.1) is 0 Å². The average molecular weight is 348 g/mol. The fraction of sp³-hybridized carbons (Fsp3) is 0.312. The van der Waals surface area contributed by atoms with Crippen molar-refractivity contribution in [1.82, 2.24) is 9.55 Å². The number of fused-ring (bicyclic) bond motifs is 1. The second-order valence-electron chi connectivity index (χ2n) is 5.69. The summed E-state index contributed by atoms with van der Waals surface area (Å²) < 4.78 is 1.32. The summed E-state index contributed by atoms with van der Waals surface area (Å²) in [6, 6.07) is 3.88. The molecule has 3 aromatic heterocycles. The molecule has 0 amide bonds. The number of thiophene rings is 2. The van der Waals surface area contributed by atoms with E-state index in [1.165, 1.54) is 29.8 Å². The zero-order valence-electron chi connectivity index (χ0n) is 13.0.